The molecule has 0 saturated heterocycles. The summed E-state index contributed by atoms with van der Waals surface area (Å²) in [6.07, 6.45) is 1.89. The molecule has 1 aliphatic heterocycles. The number of benzene rings is 3. The van der Waals surface area contributed by atoms with Gasteiger partial charge in [0.1, 0.15) is 17.5 Å². The fourth-order valence-electron chi connectivity index (χ4n) is 4.92. The third-order valence-electron chi connectivity index (χ3n) is 6.53. The molecule has 1 aliphatic rings. The number of allylic oxidation sites excluding steroid dienone is 1. The van der Waals surface area contributed by atoms with Gasteiger partial charge >= 0.3 is 5.97 Å². The van der Waals surface area contributed by atoms with Gasteiger partial charge in [-0.2, -0.15) is 0 Å². The van der Waals surface area contributed by atoms with Gasteiger partial charge < -0.3 is 14.2 Å². The van der Waals surface area contributed by atoms with Gasteiger partial charge in [0, 0.05) is 10.9 Å². The Bertz CT molecular complexity index is 1770. The topological polar surface area (TPSA) is 79.1 Å². The van der Waals surface area contributed by atoms with Gasteiger partial charge in [0.05, 0.1) is 35.6 Å². The van der Waals surface area contributed by atoms with E-state index in [9.17, 15) is 9.59 Å². The molecule has 0 amide bonds. The lowest BCUT2D eigenvalue weighted by atomic mass is 9.95. The summed E-state index contributed by atoms with van der Waals surface area (Å²) in [5.74, 6) is 0.907. The summed E-state index contributed by atoms with van der Waals surface area (Å²) in [6.45, 7) is 8.61. The van der Waals surface area contributed by atoms with Gasteiger partial charge in [0.25, 0.3) is 5.56 Å². The minimum Gasteiger partial charge on any atom is -0.494 e. The van der Waals surface area contributed by atoms with E-state index in [2.05, 4.69) is 4.99 Å². The van der Waals surface area contributed by atoms with E-state index < -0.39 is 12.0 Å². The molecule has 3 aromatic carbocycles. The molecule has 200 valence electrons. The van der Waals surface area contributed by atoms with Crippen LogP contribution in [-0.2, 0) is 9.53 Å². The van der Waals surface area contributed by atoms with Crippen molar-refractivity contribution >= 4 is 34.2 Å². The molecule has 39 heavy (non-hydrogen) atoms. The molecule has 0 N–H and O–H groups in total. The molecule has 0 saturated carbocycles. The number of esters is 1. The molecule has 1 atom stereocenters. The number of thiazole rings is 1. The van der Waals surface area contributed by atoms with Crippen molar-refractivity contribution in [1.82, 2.24) is 4.57 Å². The first-order valence-electron chi connectivity index (χ1n) is 13.0. The number of aromatic nitrogens is 1. The van der Waals surface area contributed by atoms with E-state index in [0.29, 0.717) is 45.1 Å². The molecule has 0 unspecified atom stereocenters. The van der Waals surface area contributed by atoms with Crippen molar-refractivity contribution < 1.29 is 19.0 Å². The number of fused-ring (bicyclic) bond motifs is 2. The number of carbonyl (C=O) groups excluding carboxylic acids is 1. The Morgan fingerprint density at radius 3 is 2.36 bits per heavy atom. The summed E-state index contributed by atoms with van der Waals surface area (Å²) in [7, 11) is 0. The largest absolute Gasteiger partial charge is 0.494 e. The van der Waals surface area contributed by atoms with Crippen molar-refractivity contribution in [2.24, 2.45) is 4.99 Å². The summed E-state index contributed by atoms with van der Waals surface area (Å²) in [4.78, 5) is 32.5. The number of para-hydroxylation sites is 1. The summed E-state index contributed by atoms with van der Waals surface area (Å²) in [6, 6.07) is 18.6. The summed E-state index contributed by atoms with van der Waals surface area (Å²) in [5, 5.41) is 1.96. The van der Waals surface area contributed by atoms with Gasteiger partial charge in [0.2, 0.25) is 0 Å². The fraction of sp³-hybridized carbons (Fsp3) is 0.258. The predicted molar refractivity (Wildman–Crippen MR) is 153 cm³/mol. The van der Waals surface area contributed by atoms with Crippen LogP contribution in [-0.4, -0.2) is 30.4 Å². The van der Waals surface area contributed by atoms with Crippen LogP contribution in [0, 0.1) is 0 Å². The molecular weight excluding hydrogens is 512 g/mol. The highest BCUT2D eigenvalue weighted by Gasteiger charge is 2.35. The van der Waals surface area contributed by atoms with Crippen LogP contribution in [0.5, 0.6) is 11.5 Å². The minimum atomic E-state index is -0.734. The van der Waals surface area contributed by atoms with Crippen molar-refractivity contribution in [1.29, 1.82) is 0 Å². The lowest BCUT2D eigenvalue weighted by Gasteiger charge is -2.26. The third-order valence-corrected chi connectivity index (χ3v) is 7.52. The molecule has 2 heterocycles. The SMILES string of the molecule is CCOC(=O)C1=C(C)N=c2s/c(=C\c3ccc(OCC)c4ccccc34)c(=O)n2[C@@H]1c1ccccc1OCC. The monoisotopic (exact) mass is 542 g/mol. The van der Waals surface area contributed by atoms with Crippen LogP contribution in [0.4, 0.5) is 0 Å². The van der Waals surface area contributed by atoms with Crippen molar-refractivity contribution in [2.75, 3.05) is 19.8 Å². The van der Waals surface area contributed by atoms with Crippen LogP contribution in [0.3, 0.4) is 0 Å². The minimum absolute atomic E-state index is 0.213. The average Bonchev–Trinajstić information content (AvgIpc) is 3.24. The maximum Gasteiger partial charge on any atom is 0.338 e. The molecule has 1 aromatic heterocycles. The second-order valence-corrected chi connectivity index (χ2v) is 9.91. The zero-order valence-electron chi connectivity index (χ0n) is 22.4. The van der Waals surface area contributed by atoms with Crippen LogP contribution in [0.2, 0.25) is 0 Å². The lowest BCUT2D eigenvalue weighted by Crippen LogP contribution is -2.40. The number of ether oxygens (including phenoxy) is 3. The van der Waals surface area contributed by atoms with Crippen LogP contribution >= 0.6 is 11.3 Å². The van der Waals surface area contributed by atoms with Gasteiger partial charge in [-0.15, -0.1) is 0 Å². The highest BCUT2D eigenvalue weighted by atomic mass is 32.1. The van der Waals surface area contributed by atoms with E-state index in [1.54, 1.807) is 18.4 Å². The Morgan fingerprint density at radius 2 is 1.62 bits per heavy atom. The Labute approximate surface area is 230 Å². The predicted octanol–water partition coefficient (Wildman–Crippen LogP) is 4.75. The highest BCUT2D eigenvalue weighted by Crippen LogP contribution is 2.36. The van der Waals surface area contributed by atoms with Crippen LogP contribution in [0.1, 0.15) is 44.9 Å². The lowest BCUT2D eigenvalue weighted by molar-refractivity contribution is -0.139. The second-order valence-electron chi connectivity index (χ2n) is 8.90. The Kier molecular flexibility index (Phi) is 7.65. The van der Waals surface area contributed by atoms with Crippen molar-refractivity contribution in [3.05, 3.63) is 103 Å². The highest BCUT2D eigenvalue weighted by molar-refractivity contribution is 7.07. The number of rotatable bonds is 8. The Balaban J connectivity index is 1.75. The van der Waals surface area contributed by atoms with E-state index in [-0.39, 0.29) is 12.2 Å². The van der Waals surface area contributed by atoms with Gasteiger partial charge in [-0.1, -0.05) is 59.9 Å². The molecule has 7 nitrogen and oxygen atoms in total. The Morgan fingerprint density at radius 1 is 0.923 bits per heavy atom. The maximum atomic E-state index is 14.1. The second kappa shape index (κ2) is 11.3. The standard InChI is InChI=1S/C31H30N2O5S/c1-5-36-24-15-11-10-14-23(24)28-27(30(35)38-7-3)19(4)32-31-33(28)29(34)26(39-31)18-20-16-17-25(37-6-2)22-13-9-8-12-21(20)22/h8-18,28H,5-7H2,1-4H3/b26-18-/t28-/m1/s1. The number of hydrogen-bond acceptors (Lipinski definition) is 7. The van der Waals surface area contributed by atoms with Gasteiger partial charge in [-0.3, -0.25) is 9.36 Å². The van der Waals surface area contributed by atoms with E-state index in [1.807, 2.05) is 80.6 Å². The molecule has 0 aliphatic carbocycles. The molecule has 5 rings (SSSR count). The average molecular weight is 543 g/mol. The quantitative estimate of drug-likeness (QED) is 0.300. The van der Waals surface area contributed by atoms with Crippen LogP contribution in [0.15, 0.2) is 81.7 Å². The molecule has 8 heteroatoms. The first-order chi connectivity index (χ1) is 19.0. The summed E-state index contributed by atoms with van der Waals surface area (Å²) < 4.78 is 19.2. The fourth-order valence-corrected chi connectivity index (χ4v) is 5.96. The molecule has 4 aromatic rings. The third kappa shape index (κ3) is 4.88. The number of hydrogen-bond donors (Lipinski definition) is 0. The zero-order valence-corrected chi connectivity index (χ0v) is 23.2. The molecule has 0 spiro atoms. The van der Waals surface area contributed by atoms with Crippen molar-refractivity contribution in [3.63, 3.8) is 0 Å². The van der Waals surface area contributed by atoms with Gasteiger partial charge in [-0.25, -0.2) is 9.79 Å². The first kappa shape index (κ1) is 26.4. The van der Waals surface area contributed by atoms with E-state index in [4.69, 9.17) is 14.2 Å². The van der Waals surface area contributed by atoms with Crippen molar-refractivity contribution in [3.8, 4) is 11.5 Å². The molecule has 0 radical (unpaired) electrons. The smallest absolute Gasteiger partial charge is 0.338 e. The number of nitrogens with zero attached hydrogens (tertiary/aromatic N) is 2. The van der Waals surface area contributed by atoms with Gasteiger partial charge in [-0.05, 0) is 56.9 Å². The molecule has 0 fully saturated rings. The summed E-state index contributed by atoms with van der Waals surface area (Å²) in [5.41, 5.74) is 2.21. The number of carbonyl (C=O) groups is 1. The van der Waals surface area contributed by atoms with E-state index in [0.717, 1.165) is 22.1 Å². The van der Waals surface area contributed by atoms with Gasteiger partial charge in [0.15, 0.2) is 4.80 Å². The Hall–Kier alpha value is -4.17. The van der Waals surface area contributed by atoms with Crippen LogP contribution < -0.4 is 24.4 Å². The maximum absolute atomic E-state index is 14.1. The van der Waals surface area contributed by atoms with Crippen molar-refractivity contribution in [2.45, 2.75) is 33.7 Å². The zero-order chi connectivity index (χ0) is 27.5. The first-order valence-corrected chi connectivity index (χ1v) is 13.9. The molecule has 0 bridgehead atoms. The van der Waals surface area contributed by atoms with E-state index >= 15 is 0 Å². The summed E-state index contributed by atoms with van der Waals surface area (Å²) >= 11 is 1.30. The molecular formula is C31H30N2O5S. The normalized spacial score (nSPS) is 15.2. The van der Waals surface area contributed by atoms with Crippen LogP contribution in [0.25, 0.3) is 16.8 Å². The van der Waals surface area contributed by atoms with E-state index in [1.165, 1.54) is 11.3 Å².